The fourth-order valence-electron chi connectivity index (χ4n) is 1.86. The number of rotatable bonds is 2. The molecule has 0 fully saturated rings. The van der Waals surface area contributed by atoms with Gasteiger partial charge in [-0.05, 0) is 25.2 Å². The summed E-state index contributed by atoms with van der Waals surface area (Å²) in [7, 11) is 0. The first-order valence-corrected chi connectivity index (χ1v) is 4.60. The quantitative estimate of drug-likeness (QED) is 0.564. The SMILES string of the molecule is CCC[C@H]1C(C)=CC=C[C@H]1C. The monoisotopic (exact) mass is 150 g/mol. The Bertz CT molecular complexity index is 174. The zero-order chi connectivity index (χ0) is 8.27. The van der Waals surface area contributed by atoms with E-state index in [1.807, 2.05) is 0 Å². The third kappa shape index (κ3) is 1.95. The molecule has 11 heavy (non-hydrogen) atoms. The Balaban J connectivity index is 2.62. The lowest BCUT2D eigenvalue weighted by Gasteiger charge is -2.24. The summed E-state index contributed by atoms with van der Waals surface area (Å²) in [6.45, 7) is 6.83. The normalized spacial score (nSPS) is 30.3. The predicted molar refractivity (Wildman–Crippen MR) is 50.5 cm³/mol. The first-order valence-electron chi connectivity index (χ1n) is 4.60. The van der Waals surface area contributed by atoms with Crippen LogP contribution in [0.3, 0.4) is 0 Å². The van der Waals surface area contributed by atoms with E-state index in [0.29, 0.717) is 0 Å². The lowest BCUT2D eigenvalue weighted by molar-refractivity contribution is 0.442. The van der Waals surface area contributed by atoms with Gasteiger partial charge in [0.2, 0.25) is 0 Å². The molecule has 0 nitrogen and oxygen atoms in total. The van der Waals surface area contributed by atoms with Crippen molar-refractivity contribution >= 4 is 0 Å². The van der Waals surface area contributed by atoms with Gasteiger partial charge in [0, 0.05) is 0 Å². The van der Waals surface area contributed by atoms with Gasteiger partial charge in [-0.15, -0.1) is 0 Å². The van der Waals surface area contributed by atoms with E-state index in [-0.39, 0.29) is 0 Å². The zero-order valence-electron chi connectivity index (χ0n) is 7.80. The van der Waals surface area contributed by atoms with Crippen LogP contribution in [0.25, 0.3) is 0 Å². The molecule has 0 spiro atoms. The van der Waals surface area contributed by atoms with Crippen molar-refractivity contribution < 1.29 is 0 Å². The van der Waals surface area contributed by atoms with Crippen molar-refractivity contribution in [2.24, 2.45) is 11.8 Å². The molecular formula is C11H18. The Labute approximate surface area is 70.0 Å². The van der Waals surface area contributed by atoms with Gasteiger partial charge < -0.3 is 0 Å². The largest absolute Gasteiger partial charge is 0.0811 e. The van der Waals surface area contributed by atoms with Gasteiger partial charge in [0.15, 0.2) is 0 Å². The second kappa shape index (κ2) is 3.75. The van der Waals surface area contributed by atoms with E-state index in [1.165, 1.54) is 12.8 Å². The third-order valence-electron chi connectivity index (χ3n) is 2.59. The molecule has 62 valence electrons. The van der Waals surface area contributed by atoms with Gasteiger partial charge in [0.1, 0.15) is 0 Å². The summed E-state index contributed by atoms with van der Waals surface area (Å²) in [5, 5.41) is 0. The van der Waals surface area contributed by atoms with E-state index in [4.69, 9.17) is 0 Å². The average molecular weight is 150 g/mol. The molecule has 1 aliphatic carbocycles. The second-order valence-electron chi connectivity index (χ2n) is 3.55. The van der Waals surface area contributed by atoms with E-state index in [0.717, 1.165) is 11.8 Å². The molecule has 0 amide bonds. The third-order valence-corrected chi connectivity index (χ3v) is 2.59. The van der Waals surface area contributed by atoms with Crippen molar-refractivity contribution in [3.8, 4) is 0 Å². The summed E-state index contributed by atoms with van der Waals surface area (Å²) in [4.78, 5) is 0. The summed E-state index contributed by atoms with van der Waals surface area (Å²) in [6, 6.07) is 0. The number of hydrogen-bond acceptors (Lipinski definition) is 0. The first kappa shape index (κ1) is 8.58. The Morgan fingerprint density at radius 2 is 2.18 bits per heavy atom. The number of allylic oxidation sites excluding steroid dienone is 4. The molecule has 0 heteroatoms. The molecule has 0 aromatic carbocycles. The molecule has 1 aliphatic rings. The van der Waals surface area contributed by atoms with Gasteiger partial charge >= 0.3 is 0 Å². The van der Waals surface area contributed by atoms with Crippen LogP contribution < -0.4 is 0 Å². The van der Waals surface area contributed by atoms with Crippen LogP contribution in [0.15, 0.2) is 23.8 Å². The fourth-order valence-corrected chi connectivity index (χ4v) is 1.86. The molecule has 0 aromatic heterocycles. The molecule has 0 saturated carbocycles. The molecule has 0 unspecified atom stereocenters. The van der Waals surface area contributed by atoms with E-state index >= 15 is 0 Å². The topological polar surface area (TPSA) is 0 Å². The minimum Gasteiger partial charge on any atom is -0.0811 e. The Kier molecular flexibility index (Phi) is 2.92. The van der Waals surface area contributed by atoms with Crippen LogP contribution in [-0.2, 0) is 0 Å². The van der Waals surface area contributed by atoms with Gasteiger partial charge in [0.25, 0.3) is 0 Å². The predicted octanol–water partition coefficient (Wildman–Crippen LogP) is 3.55. The maximum absolute atomic E-state index is 2.31. The van der Waals surface area contributed by atoms with Crippen LogP contribution >= 0.6 is 0 Å². The average Bonchev–Trinajstić information content (AvgIpc) is 1.97. The molecule has 0 bridgehead atoms. The highest BCUT2D eigenvalue weighted by atomic mass is 14.2. The lowest BCUT2D eigenvalue weighted by atomic mass is 9.81. The van der Waals surface area contributed by atoms with E-state index in [2.05, 4.69) is 39.0 Å². The minimum atomic E-state index is 0.750. The van der Waals surface area contributed by atoms with Crippen molar-refractivity contribution in [2.45, 2.75) is 33.6 Å². The Morgan fingerprint density at radius 3 is 2.73 bits per heavy atom. The van der Waals surface area contributed by atoms with Crippen molar-refractivity contribution in [3.63, 3.8) is 0 Å². The molecule has 0 aromatic rings. The molecule has 0 radical (unpaired) electrons. The molecule has 0 N–H and O–H groups in total. The Morgan fingerprint density at radius 1 is 1.45 bits per heavy atom. The molecular weight excluding hydrogens is 132 g/mol. The first-order chi connectivity index (χ1) is 5.25. The van der Waals surface area contributed by atoms with E-state index in [1.54, 1.807) is 5.57 Å². The maximum atomic E-state index is 2.31. The highest BCUT2D eigenvalue weighted by Gasteiger charge is 2.17. The molecule has 0 saturated heterocycles. The fraction of sp³-hybridized carbons (Fsp3) is 0.636. The van der Waals surface area contributed by atoms with Gasteiger partial charge in [-0.2, -0.15) is 0 Å². The molecule has 1 rings (SSSR count). The lowest BCUT2D eigenvalue weighted by Crippen LogP contribution is -2.13. The minimum absolute atomic E-state index is 0.750. The maximum Gasteiger partial charge on any atom is -0.0143 e. The van der Waals surface area contributed by atoms with Crippen molar-refractivity contribution in [1.82, 2.24) is 0 Å². The van der Waals surface area contributed by atoms with Gasteiger partial charge in [-0.1, -0.05) is 44.1 Å². The smallest absolute Gasteiger partial charge is 0.0143 e. The molecule has 0 heterocycles. The van der Waals surface area contributed by atoms with Crippen LogP contribution in [0.4, 0.5) is 0 Å². The summed E-state index contributed by atoms with van der Waals surface area (Å²) < 4.78 is 0. The Hall–Kier alpha value is -0.520. The number of hydrogen-bond donors (Lipinski definition) is 0. The highest BCUT2D eigenvalue weighted by Crippen LogP contribution is 2.29. The second-order valence-corrected chi connectivity index (χ2v) is 3.55. The molecule has 2 atom stereocenters. The van der Waals surface area contributed by atoms with Gasteiger partial charge in [-0.3, -0.25) is 0 Å². The van der Waals surface area contributed by atoms with Gasteiger partial charge in [-0.25, -0.2) is 0 Å². The van der Waals surface area contributed by atoms with Gasteiger partial charge in [0.05, 0.1) is 0 Å². The van der Waals surface area contributed by atoms with E-state index in [9.17, 15) is 0 Å². The standard InChI is InChI=1S/C11H18/c1-4-6-11-9(2)7-5-8-10(11)3/h5,7-9,11H,4,6H2,1-3H3/t9-,11-/m1/s1. The van der Waals surface area contributed by atoms with Crippen molar-refractivity contribution in [2.75, 3.05) is 0 Å². The van der Waals surface area contributed by atoms with Crippen LogP contribution in [0.1, 0.15) is 33.6 Å². The zero-order valence-corrected chi connectivity index (χ0v) is 7.80. The summed E-state index contributed by atoms with van der Waals surface area (Å²) in [6.07, 6.45) is 9.39. The van der Waals surface area contributed by atoms with Crippen molar-refractivity contribution in [3.05, 3.63) is 23.8 Å². The van der Waals surface area contributed by atoms with E-state index < -0.39 is 0 Å². The van der Waals surface area contributed by atoms with Crippen LogP contribution in [-0.4, -0.2) is 0 Å². The summed E-state index contributed by atoms with van der Waals surface area (Å²) >= 11 is 0. The summed E-state index contributed by atoms with van der Waals surface area (Å²) in [5.41, 5.74) is 1.56. The van der Waals surface area contributed by atoms with Crippen LogP contribution in [0.5, 0.6) is 0 Å². The van der Waals surface area contributed by atoms with Crippen LogP contribution in [0.2, 0.25) is 0 Å². The highest BCUT2D eigenvalue weighted by molar-refractivity contribution is 5.20. The summed E-state index contributed by atoms with van der Waals surface area (Å²) in [5.74, 6) is 1.56. The van der Waals surface area contributed by atoms with Crippen LogP contribution in [0, 0.1) is 11.8 Å². The van der Waals surface area contributed by atoms with Crippen molar-refractivity contribution in [1.29, 1.82) is 0 Å². The molecule has 0 aliphatic heterocycles.